The van der Waals surface area contributed by atoms with Gasteiger partial charge in [-0.2, -0.15) is 0 Å². The number of hydrazine groups is 1. The van der Waals surface area contributed by atoms with E-state index in [1.165, 1.54) is 11.3 Å². The van der Waals surface area contributed by atoms with E-state index in [1.54, 1.807) is 0 Å². The third-order valence-electron chi connectivity index (χ3n) is 2.51. The van der Waals surface area contributed by atoms with E-state index in [0.717, 1.165) is 31.5 Å². The van der Waals surface area contributed by atoms with Gasteiger partial charge in [0, 0.05) is 18.5 Å². The molecule has 0 saturated heterocycles. The number of nitrogens with two attached hydrogens (primary N) is 1. The number of nitrogen functional groups attached to an aromatic ring is 1. The Labute approximate surface area is 111 Å². The molecule has 1 heterocycles. The minimum Gasteiger partial charge on any atom is -0.396 e. The second-order valence-corrected chi connectivity index (χ2v) is 5.00. The molecule has 0 spiro atoms. The number of carbonyl (C=O) groups excluding carboxylic acids is 1. The van der Waals surface area contributed by atoms with Gasteiger partial charge in [0.25, 0.3) is 5.91 Å². The normalized spacial score (nSPS) is 10.9. The summed E-state index contributed by atoms with van der Waals surface area (Å²) in [6.07, 6.45) is 2.93. The lowest BCUT2D eigenvalue weighted by molar-refractivity contribution is 0.0953. The maximum Gasteiger partial charge on any atom is 0.294 e. The van der Waals surface area contributed by atoms with E-state index in [9.17, 15) is 4.79 Å². The van der Waals surface area contributed by atoms with Crippen molar-refractivity contribution >= 4 is 17.2 Å². The van der Waals surface area contributed by atoms with Gasteiger partial charge in [-0.1, -0.05) is 0 Å². The molecule has 4 N–H and O–H groups in total. The molecule has 102 valence electrons. The highest BCUT2D eigenvalue weighted by Gasteiger charge is 2.10. The second-order valence-electron chi connectivity index (χ2n) is 4.14. The average Bonchev–Trinajstić information content (AvgIpc) is 2.82. The number of aromatic nitrogens is 1. The van der Waals surface area contributed by atoms with Gasteiger partial charge < -0.3 is 10.0 Å². The highest BCUT2D eigenvalue weighted by Crippen LogP contribution is 2.11. The van der Waals surface area contributed by atoms with Gasteiger partial charge in [0.2, 0.25) is 0 Å². The molecule has 0 aromatic carbocycles. The zero-order valence-electron chi connectivity index (χ0n) is 10.6. The van der Waals surface area contributed by atoms with Crippen LogP contribution in [0.25, 0.3) is 0 Å². The summed E-state index contributed by atoms with van der Waals surface area (Å²) in [6, 6.07) is 0. The molecule has 0 aliphatic heterocycles. The lowest BCUT2D eigenvalue weighted by atomic mass is 10.2. The van der Waals surface area contributed by atoms with Gasteiger partial charge in [0.15, 0.2) is 5.01 Å². The van der Waals surface area contributed by atoms with Crippen LogP contribution in [0.4, 0.5) is 0 Å². The molecule has 1 aromatic rings. The maximum absolute atomic E-state index is 11.2. The quantitative estimate of drug-likeness (QED) is 0.275. The zero-order valence-corrected chi connectivity index (χ0v) is 11.4. The predicted molar refractivity (Wildman–Crippen MR) is 71.0 cm³/mol. The Morgan fingerprint density at radius 3 is 3.00 bits per heavy atom. The Balaban J connectivity index is 2.33. The van der Waals surface area contributed by atoms with Crippen molar-refractivity contribution in [3.63, 3.8) is 0 Å². The number of nitrogens with one attached hydrogen (secondary N) is 1. The van der Waals surface area contributed by atoms with Gasteiger partial charge in [-0.25, -0.2) is 10.8 Å². The maximum atomic E-state index is 11.2. The van der Waals surface area contributed by atoms with E-state index >= 15 is 0 Å². The van der Waals surface area contributed by atoms with E-state index < -0.39 is 0 Å². The highest BCUT2D eigenvalue weighted by molar-refractivity contribution is 7.11. The molecule has 0 saturated carbocycles. The van der Waals surface area contributed by atoms with Crippen molar-refractivity contribution in [1.29, 1.82) is 0 Å². The number of hydrogen-bond donors (Lipinski definition) is 3. The van der Waals surface area contributed by atoms with Crippen molar-refractivity contribution in [2.45, 2.75) is 25.8 Å². The number of unbranched alkanes of at least 4 members (excludes halogenated alkanes) is 2. The highest BCUT2D eigenvalue weighted by atomic mass is 32.1. The second kappa shape index (κ2) is 8.15. The van der Waals surface area contributed by atoms with Gasteiger partial charge in [-0.15, -0.1) is 11.3 Å². The molecule has 1 amide bonds. The van der Waals surface area contributed by atoms with Gasteiger partial charge in [0.05, 0.1) is 5.69 Å². The smallest absolute Gasteiger partial charge is 0.294 e. The number of aliphatic hydroxyl groups is 1. The number of hydrogen-bond acceptors (Lipinski definition) is 6. The molecule has 0 radical (unpaired) electrons. The van der Waals surface area contributed by atoms with Crippen LogP contribution in [0.15, 0.2) is 5.38 Å². The number of rotatable bonds is 8. The predicted octanol–water partition coefficient (Wildman–Crippen LogP) is 0.341. The van der Waals surface area contributed by atoms with E-state index in [4.69, 9.17) is 10.9 Å². The summed E-state index contributed by atoms with van der Waals surface area (Å²) in [5.74, 6) is 4.69. The molecule has 1 rings (SSSR count). The molecule has 0 fully saturated rings. The van der Waals surface area contributed by atoms with Crippen LogP contribution in [0.5, 0.6) is 0 Å². The lowest BCUT2D eigenvalue weighted by Gasteiger charge is -2.14. The Bertz CT molecular complexity index is 370. The number of amides is 1. The third kappa shape index (κ3) is 5.09. The summed E-state index contributed by atoms with van der Waals surface area (Å²) >= 11 is 1.29. The monoisotopic (exact) mass is 272 g/mol. The van der Waals surface area contributed by atoms with Crippen molar-refractivity contribution in [2.24, 2.45) is 5.84 Å². The largest absolute Gasteiger partial charge is 0.396 e. The van der Waals surface area contributed by atoms with Crippen LogP contribution in [-0.4, -0.2) is 41.1 Å². The molecule has 1 aromatic heterocycles. The fraction of sp³-hybridized carbons (Fsp3) is 0.636. The minimum atomic E-state index is -0.350. The molecule has 0 bridgehead atoms. The number of nitrogens with zero attached hydrogens (tertiary/aromatic N) is 2. The molecule has 18 heavy (non-hydrogen) atoms. The molecule has 7 heteroatoms. The topological polar surface area (TPSA) is 91.5 Å². The fourth-order valence-electron chi connectivity index (χ4n) is 1.57. The summed E-state index contributed by atoms with van der Waals surface area (Å²) in [4.78, 5) is 17.6. The standard InChI is InChI=1S/C11H20N4O2S/c1-15(5-3-2-4-6-16)7-9-8-18-11(13-9)10(17)14-12/h8,16H,2-7,12H2,1H3,(H,14,17). The Morgan fingerprint density at radius 2 is 2.33 bits per heavy atom. The summed E-state index contributed by atoms with van der Waals surface area (Å²) in [5, 5.41) is 10.9. The number of carbonyl (C=O) groups is 1. The van der Waals surface area contributed by atoms with Crippen LogP contribution in [0.2, 0.25) is 0 Å². The van der Waals surface area contributed by atoms with Gasteiger partial charge in [0.1, 0.15) is 0 Å². The molecule has 0 aliphatic carbocycles. The average molecular weight is 272 g/mol. The van der Waals surface area contributed by atoms with E-state index in [0.29, 0.717) is 11.6 Å². The van der Waals surface area contributed by atoms with Gasteiger partial charge in [-0.3, -0.25) is 10.2 Å². The SMILES string of the molecule is CN(CCCCCO)Cc1csc(C(=O)NN)n1. The first-order chi connectivity index (χ1) is 8.67. The summed E-state index contributed by atoms with van der Waals surface area (Å²) in [7, 11) is 2.01. The summed E-state index contributed by atoms with van der Waals surface area (Å²) in [5.41, 5.74) is 2.95. The van der Waals surface area contributed by atoms with Crippen molar-refractivity contribution in [3.8, 4) is 0 Å². The van der Waals surface area contributed by atoms with Crippen molar-refractivity contribution in [3.05, 3.63) is 16.1 Å². The first-order valence-corrected chi connectivity index (χ1v) is 6.80. The molecular weight excluding hydrogens is 252 g/mol. The van der Waals surface area contributed by atoms with Crippen LogP contribution >= 0.6 is 11.3 Å². The van der Waals surface area contributed by atoms with Crippen LogP contribution < -0.4 is 11.3 Å². The van der Waals surface area contributed by atoms with Crippen LogP contribution in [-0.2, 0) is 6.54 Å². The Kier molecular flexibility index (Phi) is 6.81. The van der Waals surface area contributed by atoms with Crippen molar-refractivity contribution in [2.75, 3.05) is 20.2 Å². The number of aliphatic hydroxyl groups excluding tert-OH is 1. The van der Waals surface area contributed by atoms with Gasteiger partial charge in [-0.05, 0) is 32.9 Å². The lowest BCUT2D eigenvalue weighted by Crippen LogP contribution is -2.30. The first kappa shape index (κ1) is 15.0. The first-order valence-electron chi connectivity index (χ1n) is 5.92. The van der Waals surface area contributed by atoms with Crippen LogP contribution in [0.3, 0.4) is 0 Å². The van der Waals surface area contributed by atoms with Crippen LogP contribution in [0.1, 0.15) is 34.8 Å². The Hall–Kier alpha value is -1.02. The summed E-state index contributed by atoms with van der Waals surface area (Å²) < 4.78 is 0. The number of thiazole rings is 1. The fourth-order valence-corrected chi connectivity index (χ4v) is 2.28. The summed E-state index contributed by atoms with van der Waals surface area (Å²) in [6.45, 7) is 1.93. The van der Waals surface area contributed by atoms with E-state index in [2.05, 4.69) is 15.3 Å². The van der Waals surface area contributed by atoms with Crippen LogP contribution in [0, 0.1) is 0 Å². The Morgan fingerprint density at radius 1 is 1.56 bits per heavy atom. The molecule has 6 nitrogen and oxygen atoms in total. The van der Waals surface area contributed by atoms with E-state index in [-0.39, 0.29) is 12.5 Å². The zero-order chi connectivity index (χ0) is 13.4. The van der Waals surface area contributed by atoms with Gasteiger partial charge >= 0.3 is 0 Å². The van der Waals surface area contributed by atoms with E-state index in [1.807, 2.05) is 12.4 Å². The molecule has 0 atom stereocenters. The van der Waals surface area contributed by atoms with Crippen molar-refractivity contribution in [1.82, 2.24) is 15.3 Å². The minimum absolute atomic E-state index is 0.257. The van der Waals surface area contributed by atoms with Crippen molar-refractivity contribution < 1.29 is 9.90 Å². The third-order valence-corrected chi connectivity index (χ3v) is 3.40. The molecule has 0 unspecified atom stereocenters. The molecular formula is C11H20N4O2S. The molecule has 0 aliphatic rings.